The van der Waals surface area contributed by atoms with Gasteiger partial charge in [-0.1, -0.05) is 6.92 Å². The van der Waals surface area contributed by atoms with E-state index in [2.05, 4.69) is 0 Å². The standard InChI is InChI=1S/C8H17NO2/c1-2-6-11-7-8(10)4-3-5-9/h2-7,9H2,1H3. The Bertz CT molecular complexity index is 104. The van der Waals surface area contributed by atoms with Crippen molar-refractivity contribution in [3.05, 3.63) is 0 Å². The fourth-order valence-corrected chi connectivity index (χ4v) is 0.702. The van der Waals surface area contributed by atoms with Crippen molar-refractivity contribution in [2.45, 2.75) is 26.2 Å². The molecule has 0 bridgehead atoms. The van der Waals surface area contributed by atoms with Gasteiger partial charge in [-0.25, -0.2) is 0 Å². The summed E-state index contributed by atoms with van der Waals surface area (Å²) in [4.78, 5) is 10.9. The molecule has 0 aliphatic rings. The molecule has 0 aromatic carbocycles. The van der Waals surface area contributed by atoms with Gasteiger partial charge in [-0.2, -0.15) is 0 Å². The van der Waals surface area contributed by atoms with Crippen molar-refractivity contribution < 1.29 is 9.53 Å². The van der Waals surface area contributed by atoms with Crippen molar-refractivity contribution in [2.75, 3.05) is 19.8 Å². The molecule has 0 rings (SSSR count). The molecule has 0 saturated heterocycles. The highest BCUT2D eigenvalue weighted by atomic mass is 16.5. The van der Waals surface area contributed by atoms with Crippen LogP contribution in [0, 0.1) is 0 Å². The molecule has 0 atom stereocenters. The Morgan fingerprint density at radius 2 is 2.27 bits per heavy atom. The van der Waals surface area contributed by atoms with Gasteiger partial charge in [0.15, 0.2) is 5.78 Å². The van der Waals surface area contributed by atoms with Crippen molar-refractivity contribution in [1.82, 2.24) is 0 Å². The van der Waals surface area contributed by atoms with Crippen molar-refractivity contribution in [3.8, 4) is 0 Å². The molecule has 0 unspecified atom stereocenters. The number of hydrogen-bond acceptors (Lipinski definition) is 3. The molecule has 0 amide bonds. The maximum absolute atomic E-state index is 10.9. The molecule has 3 nitrogen and oxygen atoms in total. The molecule has 0 saturated carbocycles. The van der Waals surface area contributed by atoms with Crippen molar-refractivity contribution in [3.63, 3.8) is 0 Å². The number of nitrogens with two attached hydrogens (primary N) is 1. The average molecular weight is 159 g/mol. The molecule has 0 radical (unpaired) electrons. The van der Waals surface area contributed by atoms with Gasteiger partial charge in [0.25, 0.3) is 0 Å². The van der Waals surface area contributed by atoms with Gasteiger partial charge in [0, 0.05) is 13.0 Å². The minimum Gasteiger partial charge on any atom is -0.374 e. The van der Waals surface area contributed by atoms with E-state index in [0.29, 0.717) is 19.6 Å². The number of carbonyl (C=O) groups is 1. The number of ether oxygens (including phenoxy) is 1. The van der Waals surface area contributed by atoms with E-state index in [1.807, 2.05) is 6.92 Å². The molecular formula is C8H17NO2. The van der Waals surface area contributed by atoms with Crippen LogP contribution in [-0.2, 0) is 9.53 Å². The topological polar surface area (TPSA) is 52.3 Å². The molecule has 0 heterocycles. The summed E-state index contributed by atoms with van der Waals surface area (Å²) in [6, 6.07) is 0. The smallest absolute Gasteiger partial charge is 0.158 e. The summed E-state index contributed by atoms with van der Waals surface area (Å²) in [6.45, 7) is 3.53. The van der Waals surface area contributed by atoms with Gasteiger partial charge in [0.1, 0.15) is 6.61 Å². The maximum atomic E-state index is 10.9. The van der Waals surface area contributed by atoms with E-state index in [-0.39, 0.29) is 12.4 Å². The lowest BCUT2D eigenvalue weighted by Crippen LogP contribution is -2.11. The predicted molar refractivity (Wildman–Crippen MR) is 44.4 cm³/mol. The third kappa shape index (κ3) is 7.49. The minimum absolute atomic E-state index is 0.156. The van der Waals surface area contributed by atoms with Crippen LogP contribution in [0.5, 0.6) is 0 Å². The zero-order valence-electron chi connectivity index (χ0n) is 7.14. The minimum atomic E-state index is 0.156. The van der Waals surface area contributed by atoms with Crippen molar-refractivity contribution in [2.24, 2.45) is 5.73 Å². The maximum Gasteiger partial charge on any atom is 0.158 e. The van der Waals surface area contributed by atoms with E-state index in [1.165, 1.54) is 0 Å². The first-order chi connectivity index (χ1) is 5.31. The molecule has 0 aromatic heterocycles. The summed E-state index contributed by atoms with van der Waals surface area (Å²) in [6.07, 6.45) is 2.29. The van der Waals surface area contributed by atoms with Gasteiger partial charge in [-0.05, 0) is 19.4 Å². The zero-order valence-corrected chi connectivity index (χ0v) is 7.14. The second-order valence-corrected chi connectivity index (χ2v) is 2.48. The normalized spacial score (nSPS) is 10.0. The molecule has 3 heteroatoms. The highest BCUT2D eigenvalue weighted by molar-refractivity contribution is 5.79. The van der Waals surface area contributed by atoms with Crippen LogP contribution in [0.4, 0.5) is 0 Å². The SMILES string of the molecule is CCCOCC(=O)CCCN. The summed E-state index contributed by atoms with van der Waals surface area (Å²) in [5.74, 6) is 0.156. The molecule has 0 aromatic rings. The Balaban J connectivity index is 3.09. The summed E-state index contributed by atoms with van der Waals surface area (Å²) < 4.78 is 5.05. The van der Waals surface area contributed by atoms with Gasteiger partial charge in [-0.15, -0.1) is 0 Å². The molecule has 0 aliphatic heterocycles. The van der Waals surface area contributed by atoms with Crippen LogP contribution in [0.25, 0.3) is 0 Å². The first-order valence-corrected chi connectivity index (χ1v) is 4.10. The second-order valence-electron chi connectivity index (χ2n) is 2.48. The third-order valence-corrected chi connectivity index (χ3v) is 1.27. The molecule has 0 fully saturated rings. The highest BCUT2D eigenvalue weighted by Crippen LogP contribution is 1.90. The van der Waals surface area contributed by atoms with Crippen molar-refractivity contribution >= 4 is 5.78 Å². The zero-order chi connectivity index (χ0) is 8.53. The van der Waals surface area contributed by atoms with E-state index in [4.69, 9.17) is 10.5 Å². The van der Waals surface area contributed by atoms with Gasteiger partial charge < -0.3 is 10.5 Å². The van der Waals surface area contributed by atoms with E-state index < -0.39 is 0 Å². The Labute approximate surface area is 67.9 Å². The number of Topliss-reactive ketones (excluding diaryl/α,β-unsaturated/α-hetero) is 1. The number of carbonyl (C=O) groups excluding carboxylic acids is 1. The monoisotopic (exact) mass is 159 g/mol. The van der Waals surface area contributed by atoms with Crippen LogP contribution in [0.15, 0.2) is 0 Å². The molecule has 0 aliphatic carbocycles. The van der Waals surface area contributed by atoms with Crippen LogP contribution in [0.3, 0.4) is 0 Å². The Hall–Kier alpha value is -0.410. The number of rotatable bonds is 7. The van der Waals surface area contributed by atoms with Crippen molar-refractivity contribution in [1.29, 1.82) is 0 Å². The largest absolute Gasteiger partial charge is 0.374 e. The van der Waals surface area contributed by atoms with Crippen LogP contribution >= 0.6 is 0 Å². The van der Waals surface area contributed by atoms with Crippen LogP contribution in [0.2, 0.25) is 0 Å². The van der Waals surface area contributed by atoms with E-state index in [9.17, 15) is 4.79 Å². The van der Waals surface area contributed by atoms with Crippen LogP contribution in [-0.4, -0.2) is 25.5 Å². The van der Waals surface area contributed by atoms with Gasteiger partial charge in [0.05, 0.1) is 0 Å². The molecule has 2 N–H and O–H groups in total. The highest BCUT2D eigenvalue weighted by Gasteiger charge is 1.99. The van der Waals surface area contributed by atoms with E-state index in [1.54, 1.807) is 0 Å². The van der Waals surface area contributed by atoms with E-state index in [0.717, 1.165) is 12.8 Å². The Morgan fingerprint density at radius 1 is 1.55 bits per heavy atom. The van der Waals surface area contributed by atoms with Gasteiger partial charge in [-0.3, -0.25) is 4.79 Å². The molecule has 66 valence electrons. The summed E-state index contributed by atoms with van der Waals surface area (Å²) in [7, 11) is 0. The lowest BCUT2D eigenvalue weighted by molar-refractivity contribution is -0.123. The molecular weight excluding hydrogens is 142 g/mol. The number of ketones is 1. The van der Waals surface area contributed by atoms with Crippen LogP contribution in [0.1, 0.15) is 26.2 Å². The fourth-order valence-electron chi connectivity index (χ4n) is 0.702. The lowest BCUT2D eigenvalue weighted by Gasteiger charge is -2.00. The predicted octanol–water partition coefficient (Wildman–Crippen LogP) is 0.721. The summed E-state index contributed by atoms with van der Waals surface area (Å²) in [5.41, 5.74) is 5.24. The average Bonchev–Trinajstić information content (AvgIpc) is 2.01. The Kier molecular flexibility index (Phi) is 7.41. The first kappa shape index (κ1) is 10.6. The van der Waals surface area contributed by atoms with E-state index >= 15 is 0 Å². The quantitative estimate of drug-likeness (QED) is 0.557. The second kappa shape index (κ2) is 7.69. The molecule has 0 spiro atoms. The van der Waals surface area contributed by atoms with Crippen LogP contribution < -0.4 is 5.73 Å². The van der Waals surface area contributed by atoms with Gasteiger partial charge in [0.2, 0.25) is 0 Å². The number of hydrogen-bond donors (Lipinski definition) is 1. The lowest BCUT2D eigenvalue weighted by atomic mass is 10.2. The third-order valence-electron chi connectivity index (χ3n) is 1.27. The molecule has 11 heavy (non-hydrogen) atoms. The summed E-state index contributed by atoms with van der Waals surface area (Å²) >= 11 is 0. The Morgan fingerprint density at radius 3 is 2.82 bits per heavy atom. The van der Waals surface area contributed by atoms with Gasteiger partial charge >= 0.3 is 0 Å². The summed E-state index contributed by atoms with van der Waals surface area (Å²) in [5, 5.41) is 0. The fraction of sp³-hybridized carbons (Fsp3) is 0.875. The first-order valence-electron chi connectivity index (χ1n) is 4.10.